The molecule has 6 nitrogen and oxygen atoms in total. The first-order chi connectivity index (χ1) is 19.8. The largest absolute Gasteiger partial charge is 0.493 e. The van der Waals surface area contributed by atoms with Crippen LogP contribution < -0.4 is 4.74 Å². The van der Waals surface area contributed by atoms with Crippen molar-refractivity contribution in [3.05, 3.63) is 82.4 Å². The summed E-state index contributed by atoms with van der Waals surface area (Å²) in [5.74, 6) is 2.36. The number of aromatic nitrogens is 2. The van der Waals surface area contributed by atoms with E-state index in [1.807, 2.05) is 11.8 Å². The molecule has 0 aliphatic carbocycles. The van der Waals surface area contributed by atoms with E-state index in [1.54, 1.807) is 12.1 Å². The topological polar surface area (TPSA) is 61.5 Å². The van der Waals surface area contributed by atoms with Crippen molar-refractivity contribution in [2.24, 2.45) is 11.8 Å². The SMILES string of the molecule is Cc1nc2ccc(-c3ccc4c(c3)CC(C)C(CC(=O)N3CCN(Cc5c(F)cccc5Cl)CC3)CCO4)cc2[nH]1. The third-order valence-electron chi connectivity index (χ3n) is 8.69. The van der Waals surface area contributed by atoms with E-state index in [2.05, 4.69) is 58.2 Å². The van der Waals surface area contributed by atoms with Gasteiger partial charge in [0.15, 0.2) is 0 Å². The summed E-state index contributed by atoms with van der Waals surface area (Å²) in [5, 5.41) is 0.451. The van der Waals surface area contributed by atoms with Gasteiger partial charge in [-0.1, -0.05) is 36.7 Å². The molecular formula is C33H36ClFN4O2. The Balaban J connectivity index is 1.08. The molecule has 2 aliphatic heterocycles. The third-order valence-corrected chi connectivity index (χ3v) is 9.05. The number of benzene rings is 3. The maximum Gasteiger partial charge on any atom is 0.222 e. The summed E-state index contributed by atoms with van der Waals surface area (Å²) in [6.45, 7) is 8.00. The molecular weight excluding hydrogens is 539 g/mol. The van der Waals surface area contributed by atoms with Crippen molar-refractivity contribution in [1.29, 1.82) is 0 Å². The zero-order chi connectivity index (χ0) is 28.5. The van der Waals surface area contributed by atoms with Crippen molar-refractivity contribution < 1.29 is 13.9 Å². The minimum Gasteiger partial charge on any atom is -0.493 e. The number of nitrogens with zero attached hydrogens (tertiary/aromatic N) is 3. The highest BCUT2D eigenvalue weighted by atomic mass is 35.5. The normalized spacial score (nSPS) is 19.9. The number of amides is 1. The van der Waals surface area contributed by atoms with Gasteiger partial charge in [-0.25, -0.2) is 9.37 Å². The van der Waals surface area contributed by atoms with E-state index in [4.69, 9.17) is 16.3 Å². The van der Waals surface area contributed by atoms with E-state index in [1.165, 1.54) is 11.6 Å². The second-order valence-electron chi connectivity index (χ2n) is 11.5. The van der Waals surface area contributed by atoms with Gasteiger partial charge in [-0.15, -0.1) is 0 Å². The number of halogens is 2. The van der Waals surface area contributed by atoms with E-state index in [-0.39, 0.29) is 17.6 Å². The number of aromatic amines is 1. The monoisotopic (exact) mass is 574 g/mol. The third kappa shape index (κ3) is 6.11. The number of nitrogens with one attached hydrogen (secondary N) is 1. The zero-order valence-corrected chi connectivity index (χ0v) is 24.4. The van der Waals surface area contributed by atoms with Gasteiger partial charge in [0.2, 0.25) is 5.91 Å². The number of hydrogen-bond acceptors (Lipinski definition) is 4. The molecule has 214 valence electrons. The van der Waals surface area contributed by atoms with Crippen LogP contribution in [0.5, 0.6) is 5.75 Å². The molecule has 0 bridgehead atoms. The zero-order valence-electron chi connectivity index (χ0n) is 23.6. The molecule has 2 aliphatic rings. The van der Waals surface area contributed by atoms with Crippen LogP contribution in [0.2, 0.25) is 5.02 Å². The van der Waals surface area contributed by atoms with Crippen molar-refractivity contribution in [2.75, 3.05) is 32.8 Å². The summed E-state index contributed by atoms with van der Waals surface area (Å²) in [7, 11) is 0. The molecule has 0 saturated carbocycles. The Bertz CT molecular complexity index is 1540. The number of carbonyl (C=O) groups is 1. The van der Waals surface area contributed by atoms with Crippen LogP contribution in [0.15, 0.2) is 54.6 Å². The average molecular weight is 575 g/mol. The Labute approximate surface area is 245 Å². The number of hydrogen-bond donors (Lipinski definition) is 1. The number of fused-ring (bicyclic) bond motifs is 2. The van der Waals surface area contributed by atoms with E-state index < -0.39 is 0 Å². The Kier molecular flexibility index (Phi) is 8.00. The van der Waals surface area contributed by atoms with Crippen molar-refractivity contribution in [2.45, 2.75) is 39.7 Å². The summed E-state index contributed by atoms with van der Waals surface area (Å²) in [4.78, 5) is 25.3. The molecule has 1 fully saturated rings. The Morgan fingerprint density at radius 1 is 1.10 bits per heavy atom. The maximum absolute atomic E-state index is 14.2. The second-order valence-corrected chi connectivity index (χ2v) is 11.9. The highest BCUT2D eigenvalue weighted by Gasteiger charge is 2.29. The fourth-order valence-corrected chi connectivity index (χ4v) is 6.44. The van der Waals surface area contributed by atoms with Gasteiger partial charge in [0.25, 0.3) is 0 Å². The van der Waals surface area contributed by atoms with Gasteiger partial charge in [0.1, 0.15) is 17.4 Å². The molecule has 3 heterocycles. The molecule has 2 unspecified atom stereocenters. The van der Waals surface area contributed by atoms with Gasteiger partial charge < -0.3 is 14.6 Å². The van der Waals surface area contributed by atoms with Gasteiger partial charge in [0.05, 0.1) is 17.6 Å². The lowest BCUT2D eigenvalue weighted by Gasteiger charge is -2.36. The molecule has 3 aromatic carbocycles. The Morgan fingerprint density at radius 2 is 1.88 bits per heavy atom. The standard InChI is InChI=1S/C33H36ClFN4O2/c1-21-16-26-17-24(25-6-8-30-31(18-25)37-22(2)36-30)7-9-32(26)41-15-10-23(21)19-33(40)39-13-11-38(12-14-39)20-27-28(34)4-3-5-29(27)35/h3-9,17-18,21,23H,10-16,19-20H2,1-2H3,(H,36,37). The summed E-state index contributed by atoms with van der Waals surface area (Å²) in [5.41, 5.74) is 6.01. The summed E-state index contributed by atoms with van der Waals surface area (Å²) >= 11 is 6.22. The van der Waals surface area contributed by atoms with E-state index >= 15 is 0 Å². The number of rotatable bonds is 5. The van der Waals surface area contributed by atoms with Crippen LogP contribution in [0.3, 0.4) is 0 Å². The molecule has 8 heteroatoms. The molecule has 1 aromatic heterocycles. The first-order valence-electron chi connectivity index (χ1n) is 14.5. The van der Waals surface area contributed by atoms with Crippen molar-refractivity contribution in [3.63, 3.8) is 0 Å². The summed E-state index contributed by atoms with van der Waals surface area (Å²) in [6.07, 6.45) is 2.24. The molecule has 0 radical (unpaired) electrons. The van der Waals surface area contributed by atoms with Gasteiger partial charge in [-0.3, -0.25) is 9.69 Å². The minimum atomic E-state index is -0.279. The average Bonchev–Trinajstić information content (AvgIpc) is 3.34. The van der Waals surface area contributed by atoms with Crippen LogP contribution in [0, 0.1) is 24.6 Å². The van der Waals surface area contributed by atoms with Crippen molar-refractivity contribution >= 4 is 28.5 Å². The van der Waals surface area contributed by atoms with Crippen LogP contribution in [0.4, 0.5) is 4.39 Å². The predicted molar refractivity (Wildman–Crippen MR) is 161 cm³/mol. The van der Waals surface area contributed by atoms with Crippen LogP contribution in [-0.4, -0.2) is 58.5 Å². The van der Waals surface area contributed by atoms with Crippen LogP contribution >= 0.6 is 11.6 Å². The van der Waals surface area contributed by atoms with Crippen LogP contribution in [0.25, 0.3) is 22.2 Å². The van der Waals surface area contributed by atoms with Gasteiger partial charge in [-0.2, -0.15) is 0 Å². The number of imidazole rings is 1. The van der Waals surface area contributed by atoms with Gasteiger partial charge in [-0.05, 0) is 84.7 Å². The maximum atomic E-state index is 14.2. The van der Waals surface area contributed by atoms with E-state index in [9.17, 15) is 9.18 Å². The van der Waals surface area contributed by atoms with E-state index in [0.29, 0.717) is 62.3 Å². The molecule has 1 saturated heterocycles. The number of aryl methyl sites for hydroxylation is 1. The summed E-state index contributed by atoms with van der Waals surface area (Å²) < 4.78 is 20.4. The highest BCUT2D eigenvalue weighted by molar-refractivity contribution is 6.31. The Hall–Kier alpha value is -3.42. The molecule has 2 atom stereocenters. The highest BCUT2D eigenvalue weighted by Crippen LogP contribution is 2.35. The van der Waals surface area contributed by atoms with Crippen molar-refractivity contribution in [1.82, 2.24) is 19.8 Å². The number of H-pyrrole nitrogens is 1. The van der Waals surface area contributed by atoms with Gasteiger partial charge in [0, 0.05) is 49.7 Å². The quantitative estimate of drug-likeness (QED) is 0.290. The van der Waals surface area contributed by atoms with Crippen LogP contribution in [0.1, 0.15) is 36.7 Å². The lowest BCUT2D eigenvalue weighted by atomic mass is 9.82. The fraction of sp³-hybridized carbons (Fsp3) is 0.394. The summed E-state index contributed by atoms with van der Waals surface area (Å²) in [6, 6.07) is 17.6. The second kappa shape index (κ2) is 11.8. The molecule has 0 spiro atoms. The molecule has 1 amide bonds. The first-order valence-corrected chi connectivity index (χ1v) is 14.9. The number of carbonyl (C=O) groups excluding carboxylic acids is 1. The molecule has 6 rings (SSSR count). The smallest absolute Gasteiger partial charge is 0.222 e. The first kappa shape index (κ1) is 27.7. The lowest BCUT2D eigenvalue weighted by molar-refractivity contribution is -0.134. The predicted octanol–water partition coefficient (Wildman–Crippen LogP) is 6.64. The van der Waals surface area contributed by atoms with Crippen LogP contribution in [-0.2, 0) is 17.8 Å². The van der Waals surface area contributed by atoms with E-state index in [0.717, 1.165) is 46.6 Å². The number of piperazine rings is 1. The fourth-order valence-electron chi connectivity index (χ4n) is 6.21. The van der Waals surface area contributed by atoms with Gasteiger partial charge >= 0.3 is 0 Å². The lowest BCUT2D eigenvalue weighted by Crippen LogP contribution is -2.49. The molecule has 1 N–H and O–H groups in total. The van der Waals surface area contributed by atoms with Crippen molar-refractivity contribution in [3.8, 4) is 16.9 Å². The number of ether oxygens (including phenoxy) is 1. The molecule has 41 heavy (non-hydrogen) atoms. The molecule has 4 aromatic rings. The Morgan fingerprint density at radius 3 is 2.68 bits per heavy atom. The minimum absolute atomic E-state index is 0.197.